The molecule has 3 aromatic rings. The maximum Gasteiger partial charge on any atom is 0.274 e. The summed E-state index contributed by atoms with van der Waals surface area (Å²) >= 11 is 0. The lowest BCUT2D eigenvalue weighted by Crippen LogP contribution is -2.40. The standard InChI is InChI=1S/C21H23N5O3S/c1-2-15-14-16(26-10-12-30(28,29)13-11-26)6-7-17(15)24-21(27)20-5-3-4-18(23-20)19-8-9-22-25-19/h3-9,14H,2,10-13H2,1H3,(H,22,25)(H,24,27). The smallest absolute Gasteiger partial charge is 0.274 e. The van der Waals surface area contributed by atoms with Crippen LogP contribution < -0.4 is 10.2 Å². The molecule has 2 aromatic heterocycles. The van der Waals surface area contributed by atoms with Gasteiger partial charge in [-0.1, -0.05) is 13.0 Å². The average Bonchev–Trinajstić information content (AvgIpc) is 3.29. The molecule has 1 fully saturated rings. The summed E-state index contributed by atoms with van der Waals surface area (Å²) in [6.45, 7) is 3.00. The lowest BCUT2D eigenvalue weighted by Gasteiger charge is -2.29. The van der Waals surface area contributed by atoms with Crippen molar-refractivity contribution in [3.05, 3.63) is 59.9 Å². The summed E-state index contributed by atoms with van der Waals surface area (Å²) in [5, 5.41) is 9.71. The minimum Gasteiger partial charge on any atom is -0.369 e. The fraction of sp³-hybridized carbons (Fsp3) is 0.286. The molecule has 0 unspecified atom stereocenters. The number of carbonyl (C=O) groups is 1. The van der Waals surface area contributed by atoms with Gasteiger partial charge < -0.3 is 10.2 Å². The quantitative estimate of drug-likeness (QED) is 0.650. The Hall–Kier alpha value is -3.20. The molecule has 0 aliphatic carbocycles. The highest BCUT2D eigenvalue weighted by atomic mass is 32.2. The molecule has 1 aromatic carbocycles. The number of pyridine rings is 1. The van der Waals surface area contributed by atoms with Crippen LogP contribution in [0.2, 0.25) is 0 Å². The van der Waals surface area contributed by atoms with E-state index in [-0.39, 0.29) is 17.4 Å². The predicted octanol–water partition coefficient (Wildman–Crippen LogP) is 2.52. The number of hydrogen-bond donors (Lipinski definition) is 2. The van der Waals surface area contributed by atoms with Crippen LogP contribution in [0.3, 0.4) is 0 Å². The van der Waals surface area contributed by atoms with Crippen molar-refractivity contribution in [1.29, 1.82) is 0 Å². The average molecular weight is 426 g/mol. The van der Waals surface area contributed by atoms with E-state index < -0.39 is 9.84 Å². The van der Waals surface area contributed by atoms with Gasteiger partial charge in [-0.3, -0.25) is 9.89 Å². The van der Waals surface area contributed by atoms with Gasteiger partial charge in [-0.2, -0.15) is 5.10 Å². The first-order valence-corrected chi connectivity index (χ1v) is 11.6. The second kappa shape index (κ2) is 8.27. The van der Waals surface area contributed by atoms with Gasteiger partial charge in [-0.05, 0) is 48.4 Å². The largest absolute Gasteiger partial charge is 0.369 e. The third kappa shape index (κ3) is 4.35. The van der Waals surface area contributed by atoms with Gasteiger partial charge in [0.15, 0.2) is 9.84 Å². The van der Waals surface area contributed by atoms with Crippen molar-refractivity contribution in [2.24, 2.45) is 0 Å². The van der Waals surface area contributed by atoms with E-state index in [2.05, 4.69) is 25.4 Å². The van der Waals surface area contributed by atoms with Crippen molar-refractivity contribution in [2.75, 3.05) is 34.8 Å². The van der Waals surface area contributed by atoms with Crippen molar-refractivity contribution in [2.45, 2.75) is 13.3 Å². The molecule has 0 radical (unpaired) electrons. The third-order valence-electron chi connectivity index (χ3n) is 5.19. The highest BCUT2D eigenvalue weighted by molar-refractivity contribution is 7.91. The molecule has 1 aliphatic heterocycles. The first-order chi connectivity index (χ1) is 14.4. The normalized spacial score (nSPS) is 15.7. The number of nitrogens with zero attached hydrogens (tertiary/aromatic N) is 3. The maximum absolute atomic E-state index is 12.8. The van der Waals surface area contributed by atoms with Gasteiger partial charge >= 0.3 is 0 Å². The number of carbonyl (C=O) groups excluding carboxylic acids is 1. The van der Waals surface area contributed by atoms with Gasteiger partial charge in [0.25, 0.3) is 5.91 Å². The van der Waals surface area contributed by atoms with Crippen LogP contribution in [-0.4, -0.2) is 54.1 Å². The van der Waals surface area contributed by atoms with E-state index in [0.29, 0.717) is 24.5 Å². The van der Waals surface area contributed by atoms with E-state index in [1.807, 2.05) is 31.2 Å². The summed E-state index contributed by atoms with van der Waals surface area (Å²) in [6, 6.07) is 12.9. The van der Waals surface area contributed by atoms with Crippen LogP contribution in [0.5, 0.6) is 0 Å². The summed E-state index contributed by atoms with van der Waals surface area (Å²) in [6.07, 6.45) is 2.37. The first-order valence-electron chi connectivity index (χ1n) is 9.81. The summed E-state index contributed by atoms with van der Waals surface area (Å²) in [5.41, 5.74) is 4.38. The number of aryl methyl sites for hydroxylation is 1. The van der Waals surface area contributed by atoms with E-state index in [1.54, 1.807) is 24.4 Å². The minimum absolute atomic E-state index is 0.172. The van der Waals surface area contributed by atoms with E-state index >= 15 is 0 Å². The molecule has 8 nitrogen and oxygen atoms in total. The highest BCUT2D eigenvalue weighted by Crippen LogP contribution is 2.26. The number of amides is 1. The number of benzene rings is 1. The topological polar surface area (TPSA) is 108 Å². The molecule has 156 valence electrons. The summed E-state index contributed by atoms with van der Waals surface area (Å²) in [5.74, 6) is 0.0548. The number of rotatable bonds is 5. The van der Waals surface area contributed by atoms with Crippen LogP contribution in [0.15, 0.2) is 48.7 Å². The molecule has 4 rings (SSSR count). The molecule has 1 amide bonds. The predicted molar refractivity (Wildman–Crippen MR) is 116 cm³/mol. The first kappa shape index (κ1) is 20.1. The molecule has 0 spiro atoms. The van der Waals surface area contributed by atoms with Crippen LogP contribution in [0, 0.1) is 0 Å². The van der Waals surface area contributed by atoms with Gasteiger partial charge in [-0.25, -0.2) is 13.4 Å². The van der Waals surface area contributed by atoms with Gasteiger partial charge in [0.05, 0.1) is 22.9 Å². The van der Waals surface area contributed by atoms with E-state index in [1.165, 1.54) is 0 Å². The van der Waals surface area contributed by atoms with Crippen LogP contribution in [0.25, 0.3) is 11.4 Å². The third-order valence-corrected chi connectivity index (χ3v) is 6.80. The minimum atomic E-state index is -2.93. The second-order valence-electron chi connectivity index (χ2n) is 7.17. The summed E-state index contributed by atoms with van der Waals surface area (Å²) in [4.78, 5) is 19.3. The zero-order chi connectivity index (χ0) is 21.1. The molecule has 0 bridgehead atoms. The Morgan fingerprint density at radius 2 is 1.97 bits per heavy atom. The van der Waals surface area contributed by atoms with Gasteiger partial charge in [0.2, 0.25) is 0 Å². The van der Waals surface area contributed by atoms with Crippen molar-refractivity contribution in [3.8, 4) is 11.4 Å². The molecule has 3 heterocycles. The monoisotopic (exact) mass is 425 g/mol. The van der Waals surface area contributed by atoms with E-state index in [0.717, 1.165) is 29.1 Å². The van der Waals surface area contributed by atoms with Gasteiger partial charge in [-0.15, -0.1) is 0 Å². The second-order valence-corrected chi connectivity index (χ2v) is 9.47. The molecule has 2 N–H and O–H groups in total. The van der Waals surface area contributed by atoms with E-state index in [4.69, 9.17) is 0 Å². The number of nitrogens with one attached hydrogen (secondary N) is 2. The van der Waals surface area contributed by atoms with Crippen molar-refractivity contribution in [1.82, 2.24) is 15.2 Å². The molecular weight excluding hydrogens is 402 g/mol. The van der Waals surface area contributed by atoms with Crippen LogP contribution in [0.1, 0.15) is 23.0 Å². The van der Waals surface area contributed by atoms with Gasteiger partial charge in [0, 0.05) is 30.7 Å². The Morgan fingerprint density at radius 3 is 2.67 bits per heavy atom. The molecule has 1 aliphatic rings. The molecule has 30 heavy (non-hydrogen) atoms. The van der Waals surface area contributed by atoms with Crippen LogP contribution in [0.4, 0.5) is 11.4 Å². The Balaban J connectivity index is 1.52. The Labute approximate surface area is 175 Å². The SMILES string of the molecule is CCc1cc(N2CCS(=O)(=O)CC2)ccc1NC(=O)c1cccc(-c2ccn[nH]2)n1. The zero-order valence-corrected chi connectivity index (χ0v) is 17.4. The molecule has 0 saturated carbocycles. The van der Waals surface area contributed by atoms with Crippen molar-refractivity contribution in [3.63, 3.8) is 0 Å². The molecule has 0 atom stereocenters. The number of anilines is 2. The number of aromatic amines is 1. The number of H-pyrrole nitrogens is 1. The number of hydrogen-bond acceptors (Lipinski definition) is 6. The van der Waals surface area contributed by atoms with E-state index in [9.17, 15) is 13.2 Å². The molecule has 1 saturated heterocycles. The van der Waals surface area contributed by atoms with Crippen LogP contribution >= 0.6 is 0 Å². The fourth-order valence-corrected chi connectivity index (χ4v) is 4.66. The lowest BCUT2D eigenvalue weighted by atomic mass is 10.1. The Bertz CT molecular complexity index is 1150. The van der Waals surface area contributed by atoms with Crippen molar-refractivity contribution < 1.29 is 13.2 Å². The van der Waals surface area contributed by atoms with Gasteiger partial charge in [0.1, 0.15) is 5.69 Å². The summed E-state index contributed by atoms with van der Waals surface area (Å²) in [7, 11) is -2.93. The lowest BCUT2D eigenvalue weighted by molar-refractivity contribution is 0.102. The Kier molecular flexibility index (Phi) is 5.54. The number of sulfone groups is 1. The maximum atomic E-state index is 12.8. The molecular formula is C21H23N5O3S. The fourth-order valence-electron chi connectivity index (χ4n) is 3.46. The number of aromatic nitrogens is 3. The molecule has 9 heteroatoms. The zero-order valence-electron chi connectivity index (χ0n) is 16.6. The Morgan fingerprint density at radius 1 is 1.17 bits per heavy atom. The van der Waals surface area contributed by atoms with Crippen molar-refractivity contribution >= 4 is 27.1 Å². The van der Waals surface area contributed by atoms with Crippen LogP contribution in [-0.2, 0) is 16.3 Å². The summed E-state index contributed by atoms with van der Waals surface area (Å²) < 4.78 is 23.3. The highest BCUT2D eigenvalue weighted by Gasteiger charge is 2.22.